The highest BCUT2D eigenvalue weighted by atomic mass is 16.2. The average Bonchev–Trinajstić information content (AvgIpc) is 1.68. The van der Waals surface area contributed by atoms with Crippen LogP contribution in [-0.4, -0.2) is 11.7 Å². The molecule has 0 radical (unpaired) electrons. The van der Waals surface area contributed by atoms with Crippen molar-refractivity contribution in [2.24, 2.45) is 0 Å². The quantitative estimate of drug-likeness (QED) is 0.415. The van der Waals surface area contributed by atoms with E-state index in [1.165, 1.54) is 0 Å². The molecule has 0 heterocycles. The van der Waals surface area contributed by atoms with Gasteiger partial charge in [-0.05, 0) is 12.0 Å². The fourth-order valence-electron chi connectivity index (χ4n) is 0.283. The molecule has 0 spiro atoms. The van der Waals surface area contributed by atoms with E-state index in [9.17, 15) is 0 Å². The van der Waals surface area contributed by atoms with Gasteiger partial charge in [-0.1, -0.05) is 6.58 Å². The minimum Gasteiger partial charge on any atom is -0.396 e. The summed E-state index contributed by atoms with van der Waals surface area (Å²) >= 11 is 0. The molecule has 0 aliphatic carbocycles. The Balaban J connectivity index is 3.00. The second-order valence-electron chi connectivity index (χ2n) is 1.47. The Kier molecular flexibility index (Phi) is 3.52. The van der Waals surface area contributed by atoms with Crippen LogP contribution in [0.2, 0.25) is 0 Å². The van der Waals surface area contributed by atoms with E-state index in [2.05, 4.69) is 13.5 Å². The lowest BCUT2D eigenvalue weighted by Gasteiger charge is -1.89. The predicted octanol–water partition coefficient (Wildman–Crippen LogP) is 1.15. The van der Waals surface area contributed by atoms with E-state index < -0.39 is 0 Å². The van der Waals surface area contributed by atoms with E-state index in [1.807, 2.05) is 0 Å². The highest BCUT2D eigenvalue weighted by Gasteiger charge is 1.89. The summed E-state index contributed by atoms with van der Waals surface area (Å²) in [5.74, 6) is 0. The molecule has 0 fully saturated rings. The van der Waals surface area contributed by atoms with Gasteiger partial charge in [-0.25, -0.2) is 0 Å². The number of hydrogen-bond acceptors (Lipinski definition) is 1. The predicted molar refractivity (Wildman–Crippen MR) is 30.8 cm³/mol. The molecule has 7 heavy (non-hydrogen) atoms. The summed E-state index contributed by atoms with van der Waals surface area (Å²) in [6.45, 7) is 7.44. The van der Waals surface area contributed by atoms with Crippen molar-refractivity contribution in [2.75, 3.05) is 6.61 Å². The van der Waals surface area contributed by atoms with Crippen LogP contribution in [0.4, 0.5) is 0 Å². The first kappa shape index (κ1) is 6.57. The van der Waals surface area contributed by atoms with Gasteiger partial charge in [0.2, 0.25) is 0 Å². The van der Waals surface area contributed by atoms with Crippen molar-refractivity contribution >= 4 is 0 Å². The Labute approximate surface area is 44.7 Å². The Hall–Kier alpha value is -0.430. The number of aliphatic hydroxyl groups is 1. The zero-order valence-corrected chi connectivity index (χ0v) is 4.48. The third kappa shape index (κ3) is 3.40. The van der Waals surface area contributed by atoms with E-state index in [-0.39, 0.29) is 6.61 Å². The first-order valence-corrected chi connectivity index (χ1v) is 2.38. The van der Waals surface area contributed by atoms with Crippen molar-refractivity contribution in [3.63, 3.8) is 0 Å². The van der Waals surface area contributed by atoms with Gasteiger partial charge in [-0.3, -0.25) is 0 Å². The smallest absolute Gasteiger partial charge is 0.106 e. The Morgan fingerprint density at radius 3 is 2.43 bits per heavy atom. The molecule has 1 heteroatoms. The summed E-state index contributed by atoms with van der Waals surface area (Å²) in [6.07, 6.45) is 1.43. The molecule has 0 saturated heterocycles. The topological polar surface area (TPSA) is 20.2 Å². The van der Waals surface area contributed by atoms with Crippen molar-refractivity contribution in [1.82, 2.24) is 0 Å². The van der Waals surface area contributed by atoms with E-state index >= 15 is 0 Å². The SMILES string of the molecule is C=C(C[CH2+])CCO. The molecule has 0 aliphatic heterocycles. The zero-order chi connectivity index (χ0) is 5.70. The third-order valence-corrected chi connectivity index (χ3v) is 0.819. The maximum atomic E-state index is 8.28. The van der Waals surface area contributed by atoms with Crippen LogP contribution in [0.1, 0.15) is 12.8 Å². The molecule has 0 atom stereocenters. The van der Waals surface area contributed by atoms with Gasteiger partial charge in [-0.15, -0.1) is 0 Å². The molecular formula is C6H11O+. The molecule has 0 aliphatic rings. The van der Waals surface area contributed by atoms with Crippen LogP contribution < -0.4 is 0 Å². The van der Waals surface area contributed by atoms with E-state index in [0.29, 0.717) is 6.42 Å². The lowest BCUT2D eigenvalue weighted by atomic mass is 10.2. The van der Waals surface area contributed by atoms with Gasteiger partial charge in [0.25, 0.3) is 0 Å². The van der Waals surface area contributed by atoms with Crippen LogP contribution in [0.25, 0.3) is 0 Å². The lowest BCUT2D eigenvalue weighted by molar-refractivity contribution is 0.298. The molecular weight excluding hydrogens is 88.1 g/mol. The minimum atomic E-state index is 0.203. The van der Waals surface area contributed by atoms with Gasteiger partial charge in [0, 0.05) is 6.61 Å². The van der Waals surface area contributed by atoms with Crippen molar-refractivity contribution in [3.05, 3.63) is 19.1 Å². The standard InChI is InChI=1S/C6H11O/c1-3-6(2)4-5-7/h7H,1-5H2/q+1. The number of hydrogen-bond donors (Lipinski definition) is 1. The summed E-state index contributed by atoms with van der Waals surface area (Å²) in [4.78, 5) is 0. The largest absolute Gasteiger partial charge is 0.396 e. The summed E-state index contributed by atoms with van der Waals surface area (Å²) in [7, 11) is 0. The normalized spacial score (nSPS) is 8.71. The second kappa shape index (κ2) is 3.75. The second-order valence-corrected chi connectivity index (χ2v) is 1.47. The fourth-order valence-corrected chi connectivity index (χ4v) is 0.283. The molecule has 0 unspecified atom stereocenters. The van der Waals surface area contributed by atoms with Crippen molar-refractivity contribution in [1.29, 1.82) is 0 Å². The van der Waals surface area contributed by atoms with Gasteiger partial charge < -0.3 is 5.11 Å². The highest BCUT2D eigenvalue weighted by molar-refractivity contribution is 4.93. The van der Waals surface area contributed by atoms with Gasteiger partial charge in [0.05, 0.1) is 6.92 Å². The molecule has 0 amide bonds. The van der Waals surface area contributed by atoms with Crippen LogP contribution in [0.3, 0.4) is 0 Å². The molecule has 1 N–H and O–H groups in total. The van der Waals surface area contributed by atoms with Crippen LogP contribution in [0.5, 0.6) is 0 Å². The van der Waals surface area contributed by atoms with Crippen LogP contribution in [0, 0.1) is 6.92 Å². The maximum Gasteiger partial charge on any atom is 0.106 e. The van der Waals surface area contributed by atoms with Crippen molar-refractivity contribution < 1.29 is 5.11 Å². The molecule has 0 bridgehead atoms. The van der Waals surface area contributed by atoms with E-state index in [1.54, 1.807) is 0 Å². The molecule has 40 valence electrons. The van der Waals surface area contributed by atoms with Gasteiger partial charge >= 0.3 is 0 Å². The summed E-state index contributed by atoms with van der Waals surface area (Å²) in [5.41, 5.74) is 1.02. The fraction of sp³-hybridized carbons (Fsp3) is 0.500. The van der Waals surface area contributed by atoms with Gasteiger partial charge in [-0.2, -0.15) is 0 Å². The van der Waals surface area contributed by atoms with Crippen molar-refractivity contribution in [2.45, 2.75) is 12.8 Å². The highest BCUT2D eigenvalue weighted by Crippen LogP contribution is 1.98. The molecule has 0 aromatic carbocycles. The lowest BCUT2D eigenvalue weighted by Crippen LogP contribution is -1.83. The van der Waals surface area contributed by atoms with Crippen LogP contribution >= 0.6 is 0 Å². The number of aliphatic hydroxyl groups excluding tert-OH is 1. The molecule has 0 aromatic rings. The van der Waals surface area contributed by atoms with E-state index in [4.69, 9.17) is 5.11 Å². The summed E-state index contributed by atoms with van der Waals surface area (Å²) in [5, 5.41) is 8.28. The van der Waals surface area contributed by atoms with Crippen LogP contribution in [0.15, 0.2) is 12.2 Å². The molecule has 0 aromatic heterocycles. The molecule has 0 saturated carbocycles. The van der Waals surface area contributed by atoms with Gasteiger partial charge in [0.15, 0.2) is 0 Å². The average molecular weight is 99.2 g/mol. The van der Waals surface area contributed by atoms with Crippen LogP contribution in [-0.2, 0) is 0 Å². The molecule has 0 rings (SSSR count). The minimum absolute atomic E-state index is 0.203. The zero-order valence-electron chi connectivity index (χ0n) is 4.48. The summed E-state index contributed by atoms with van der Waals surface area (Å²) in [6, 6.07) is 0. The van der Waals surface area contributed by atoms with E-state index in [0.717, 1.165) is 12.0 Å². The third-order valence-electron chi connectivity index (χ3n) is 0.819. The summed E-state index contributed by atoms with van der Waals surface area (Å²) < 4.78 is 0. The molecule has 1 nitrogen and oxygen atoms in total. The first-order chi connectivity index (χ1) is 3.31. The Morgan fingerprint density at radius 2 is 2.29 bits per heavy atom. The Morgan fingerprint density at radius 1 is 1.71 bits per heavy atom. The monoisotopic (exact) mass is 99.1 g/mol. The maximum absolute atomic E-state index is 8.28. The number of rotatable bonds is 3. The van der Waals surface area contributed by atoms with Gasteiger partial charge in [0.1, 0.15) is 6.42 Å². The Bertz CT molecular complexity index is 57.2. The first-order valence-electron chi connectivity index (χ1n) is 2.38. The van der Waals surface area contributed by atoms with Crippen molar-refractivity contribution in [3.8, 4) is 0 Å².